The Kier molecular flexibility index (Phi) is 3.51. The summed E-state index contributed by atoms with van der Waals surface area (Å²) < 4.78 is 16.4. The summed E-state index contributed by atoms with van der Waals surface area (Å²) in [5, 5.41) is 8.48. The summed E-state index contributed by atoms with van der Waals surface area (Å²) in [5.41, 5.74) is 0.710. The van der Waals surface area contributed by atoms with Crippen LogP contribution in [0, 0.1) is 0 Å². The molecule has 0 amide bonds. The Morgan fingerprint density at radius 2 is 2.12 bits per heavy atom. The van der Waals surface area contributed by atoms with Crippen molar-refractivity contribution >= 4 is 11.6 Å². The Hall–Kier alpha value is -3.13. The fourth-order valence-corrected chi connectivity index (χ4v) is 2.29. The van der Waals surface area contributed by atoms with E-state index in [-0.39, 0.29) is 18.3 Å². The van der Waals surface area contributed by atoms with E-state index >= 15 is 0 Å². The molecule has 0 bridgehead atoms. The van der Waals surface area contributed by atoms with Crippen LogP contribution in [0.3, 0.4) is 0 Å². The van der Waals surface area contributed by atoms with Gasteiger partial charge in [-0.3, -0.25) is 0 Å². The molecule has 120 valence electrons. The van der Waals surface area contributed by atoms with Gasteiger partial charge in [0.1, 0.15) is 6.54 Å². The maximum absolute atomic E-state index is 11.8. The summed E-state index contributed by atoms with van der Waals surface area (Å²) in [4.78, 5) is 16.1. The van der Waals surface area contributed by atoms with Crippen LogP contribution in [0.25, 0.3) is 23.0 Å². The molecular formula is C15H9ClN4O4. The van der Waals surface area contributed by atoms with Gasteiger partial charge in [-0.15, -0.1) is 5.10 Å². The zero-order chi connectivity index (χ0) is 16.5. The van der Waals surface area contributed by atoms with E-state index in [0.29, 0.717) is 22.2 Å². The average molecular weight is 345 g/mol. The van der Waals surface area contributed by atoms with Crippen molar-refractivity contribution in [3.63, 3.8) is 0 Å². The molecule has 0 aliphatic heterocycles. The highest BCUT2D eigenvalue weighted by Gasteiger charge is 2.16. The fraction of sp³-hybridized carbons (Fsp3) is 0.0667. The molecule has 0 unspecified atom stereocenters. The van der Waals surface area contributed by atoms with Gasteiger partial charge in [0.15, 0.2) is 5.76 Å². The van der Waals surface area contributed by atoms with Gasteiger partial charge in [-0.2, -0.15) is 9.67 Å². The van der Waals surface area contributed by atoms with E-state index in [4.69, 9.17) is 25.0 Å². The van der Waals surface area contributed by atoms with Gasteiger partial charge in [0, 0.05) is 10.6 Å². The number of hydrogen-bond donors (Lipinski definition) is 0. The molecule has 0 aliphatic carbocycles. The second-order valence-electron chi connectivity index (χ2n) is 4.83. The third-order valence-electron chi connectivity index (χ3n) is 3.17. The van der Waals surface area contributed by atoms with Crippen LogP contribution >= 0.6 is 11.6 Å². The molecule has 4 rings (SSSR count). The van der Waals surface area contributed by atoms with Gasteiger partial charge >= 0.3 is 5.76 Å². The number of aromatic nitrogens is 4. The van der Waals surface area contributed by atoms with E-state index < -0.39 is 5.76 Å². The predicted molar refractivity (Wildman–Crippen MR) is 82.3 cm³/mol. The second kappa shape index (κ2) is 5.82. The number of furan rings is 1. The van der Waals surface area contributed by atoms with Crippen molar-refractivity contribution in [1.29, 1.82) is 0 Å². The molecule has 0 radical (unpaired) electrons. The lowest BCUT2D eigenvalue weighted by Crippen LogP contribution is -2.16. The lowest BCUT2D eigenvalue weighted by Gasteiger charge is -1.94. The first-order valence-electron chi connectivity index (χ1n) is 6.89. The third kappa shape index (κ3) is 2.74. The molecule has 3 aromatic heterocycles. The smallest absolute Gasteiger partial charge is 0.437 e. The van der Waals surface area contributed by atoms with Crippen molar-refractivity contribution in [1.82, 2.24) is 19.9 Å². The molecule has 0 spiro atoms. The lowest BCUT2D eigenvalue weighted by atomic mass is 10.2. The molecule has 0 saturated carbocycles. The maximum Gasteiger partial charge on any atom is 0.437 e. The van der Waals surface area contributed by atoms with E-state index in [1.54, 1.807) is 36.4 Å². The van der Waals surface area contributed by atoms with Gasteiger partial charge in [0.25, 0.3) is 5.89 Å². The lowest BCUT2D eigenvalue weighted by molar-refractivity contribution is 0.360. The van der Waals surface area contributed by atoms with Gasteiger partial charge in [0.2, 0.25) is 11.7 Å². The largest absolute Gasteiger partial charge is 0.459 e. The molecule has 4 aromatic rings. The predicted octanol–water partition coefficient (Wildman–Crippen LogP) is 2.85. The van der Waals surface area contributed by atoms with Crippen LogP contribution in [-0.4, -0.2) is 19.9 Å². The molecule has 0 fully saturated rings. The van der Waals surface area contributed by atoms with Crippen molar-refractivity contribution in [2.24, 2.45) is 0 Å². The van der Waals surface area contributed by atoms with E-state index in [2.05, 4.69) is 15.2 Å². The normalized spacial score (nSPS) is 11.0. The van der Waals surface area contributed by atoms with Crippen molar-refractivity contribution in [3.05, 3.63) is 64.1 Å². The van der Waals surface area contributed by atoms with Gasteiger partial charge in [-0.1, -0.05) is 28.9 Å². The highest BCUT2D eigenvalue weighted by Crippen LogP contribution is 2.20. The van der Waals surface area contributed by atoms with Crippen LogP contribution in [0.5, 0.6) is 0 Å². The van der Waals surface area contributed by atoms with Crippen LogP contribution < -0.4 is 5.76 Å². The molecular weight excluding hydrogens is 336 g/mol. The standard InChI is InChI=1S/C15H9ClN4O4/c16-10-4-1-3-9(7-10)13-17-12(24-19-13)8-20-15(21)23-14(18-20)11-5-2-6-22-11/h1-7H,8H2. The van der Waals surface area contributed by atoms with Gasteiger partial charge < -0.3 is 13.4 Å². The zero-order valence-corrected chi connectivity index (χ0v) is 12.8. The third-order valence-corrected chi connectivity index (χ3v) is 3.41. The Morgan fingerprint density at radius 1 is 1.21 bits per heavy atom. The SMILES string of the molecule is O=c1oc(-c2ccco2)nn1Cc1nc(-c2cccc(Cl)c2)no1. The topological polar surface area (TPSA) is 100 Å². The van der Waals surface area contributed by atoms with Crippen LogP contribution in [0.1, 0.15) is 5.89 Å². The van der Waals surface area contributed by atoms with E-state index in [9.17, 15) is 4.79 Å². The van der Waals surface area contributed by atoms with Crippen LogP contribution in [0.4, 0.5) is 0 Å². The van der Waals surface area contributed by atoms with Crippen LogP contribution in [0.2, 0.25) is 5.02 Å². The highest BCUT2D eigenvalue weighted by atomic mass is 35.5. The number of rotatable bonds is 4. The Bertz CT molecular complexity index is 1030. The number of benzene rings is 1. The Balaban J connectivity index is 1.60. The van der Waals surface area contributed by atoms with Crippen LogP contribution in [-0.2, 0) is 6.54 Å². The zero-order valence-electron chi connectivity index (χ0n) is 12.0. The molecule has 8 nitrogen and oxygen atoms in total. The first-order valence-corrected chi connectivity index (χ1v) is 7.27. The Labute approximate surface area is 139 Å². The molecule has 9 heteroatoms. The van der Waals surface area contributed by atoms with Crippen molar-refractivity contribution in [3.8, 4) is 23.0 Å². The van der Waals surface area contributed by atoms with Crippen molar-refractivity contribution in [2.45, 2.75) is 6.54 Å². The highest BCUT2D eigenvalue weighted by molar-refractivity contribution is 6.30. The van der Waals surface area contributed by atoms with Gasteiger partial charge in [-0.25, -0.2) is 4.79 Å². The Morgan fingerprint density at radius 3 is 2.92 bits per heavy atom. The molecule has 0 aliphatic rings. The summed E-state index contributed by atoms with van der Waals surface area (Å²) in [7, 11) is 0. The van der Waals surface area contributed by atoms with Gasteiger partial charge in [0.05, 0.1) is 6.26 Å². The maximum atomic E-state index is 11.8. The summed E-state index contributed by atoms with van der Waals surface area (Å²) in [5.74, 6) is 0.376. The van der Waals surface area contributed by atoms with E-state index in [1.165, 1.54) is 6.26 Å². The molecule has 1 aromatic carbocycles. The summed E-state index contributed by atoms with van der Waals surface area (Å²) in [6.07, 6.45) is 1.46. The molecule has 24 heavy (non-hydrogen) atoms. The summed E-state index contributed by atoms with van der Waals surface area (Å²) in [6.45, 7) is -0.0173. The number of nitrogens with zero attached hydrogens (tertiary/aromatic N) is 4. The minimum Gasteiger partial charge on any atom is -0.459 e. The fourth-order valence-electron chi connectivity index (χ4n) is 2.10. The molecule has 0 atom stereocenters. The second-order valence-corrected chi connectivity index (χ2v) is 5.27. The van der Waals surface area contributed by atoms with Gasteiger partial charge in [-0.05, 0) is 24.3 Å². The first-order chi connectivity index (χ1) is 11.7. The molecule has 3 heterocycles. The number of hydrogen-bond acceptors (Lipinski definition) is 7. The number of halogens is 1. The molecule has 0 N–H and O–H groups in total. The average Bonchev–Trinajstić information content (AvgIpc) is 3.30. The van der Waals surface area contributed by atoms with Crippen molar-refractivity contribution in [2.75, 3.05) is 0 Å². The quantitative estimate of drug-likeness (QED) is 0.561. The summed E-state index contributed by atoms with van der Waals surface area (Å²) >= 11 is 5.94. The minimum absolute atomic E-state index is 0.0173. The monoisotopic (exact) mass is 344 g/mol. The van der Waals surface area contributed by atoms with E-state index in [0.717, 1.165) is 4.68 Å². The molecule has 0 saturated heterocycles. The summed E-state index contributed by atoms with van der Waals surface area (Å²) in [6, 6.07) is 10.4. The van der Waals surface area contributed by atoms with E-state index in [1.807, 2.05) is 0 Å². The minimum atomic E-state index is -0.649. The first kappa shape index (κ1) is 14.5. The van der Waals surface area contributed by atoms with Crippen LogP contribution in [0.15, 0.2) is 60.8 Å². The van der Waals surface area contributed by atoms with Crippen molar-refractivity contribution < 1.29 is 13.4 Å².